The van der Waals surface area contributed by atoms with Crippen LogP contribution in [0.3, 0.4) is 0 Å². The Morgan fingerprint density at radius 2 is 2.03 bits per heavy atom. The monoisotopic (exact) mass is 410 g/mol. The van der Waals surface area contributed by atoms with E-state index in [-0.39, 0.29) is 5.91 Å². The molecular formula is C21H22N4O3S. The van der Waals surface area contributed by atoms with Crippen molar-refractivity contribution in [1.29, 1.82) is 0 Å². The van der Waals surface area contributed by atoms with Gasteiger partial charge < -0.3 is 14.2 Å². The van der Waals surface area contributed by atoms with E-state index in [1.54, 1.807) is 30.6 Å². The largest absolute Gasteiger partial charge is 0.496 e. The molecule has 2 aromatic heterocycles. The highest BCUT2D eigenvalue weighted by atomic mass is 32.1. The van der Waals surface area contributed by atoms with E-state index >= 15 is 0 Å². The summed E-state index contributed by atoms with van der Waals surface area (Å²) in [6.07, 6.45) is 3.41. The number of nitrogens with zero attached hydrogens (tertiary/aromatic N) is 4. The molecule has 0 spiro atoms. The SMILES string of the molecule is COc1ccccc1/C=C/C(=O)N1CCN(Cc2nc(-c3cccs3)no2)CC1. The van der Waals surface area contributed by atoms with E-state index in [0.717, 1.165) is 29.3 Å². The number of hydrogen-bond acceptors (Lipinski definition) is 7. The fraction of sp³-hybridized carbons (Fsp3) is 0.286. The minimum Gasteiger partial charge on any atom is -0.496 e. The molecule has 0 radical (unpaired) electrons. The number of hydrogen-bond donors (Lipinski definition) is 0. The highest BCUT2D eigenvalue weighted by Crippen LogP contribution is 2.22. The summed E-state index contributed by atoms with van der Waals surface area (Å²) in [6, 6.07) is 11.6. The standard InChI is InChI=1S/C21H22N4O3S/c1-27-17-6-3-2-5-16(17)8-9-20(26)25-12-10-24(11-13-25)15-19-22-21(23-28-19)18-7-4-14-29-18/h2-9,14H,10-13,15H2,1H3/b9-8+. The topological polar surface area (TPSA) is 71.7 Å². The third-order valence-corrected chi connectivity index (χ3v) is 5.66. The van der Waals surface area contributed by atoms with Crippen molar-refractivity contribution in [3.05, 3.63) is 59.3 Å². The van der Waals surface area contributed by atoms with Gasteiger partial charge in [0.15, 0.2) is 0 Å². The number of carbonyl (C=O) groups is 1. The van der Waals surface area contributed by atoms with Crippen LogP contribution in [0.2, 0.25) is 0 Å². The van der Waals surface area contributed by atoms with Gasteiger partial charge in [-0.05, 0) is 23.6 Å². The number of rotatable bonds is 6. The van der Waals surface area contributed by atoms with Gasteiger partial charge in [-0.15, -0.1) is 11.3 Å². The molecule has 0 saturated carbocycles. The Morgan fingerprint density at radius 3 is 2.79 bits per heavy atom. The van der Waals surface area contributed by atoms with Gasteiger partial charge in [0.2, 0.25) is 17.6 Å². The second-order valence-corrected chi connectivity index (χ2v) is 7.61. The van der Waals surface area contributed by atoms with Crippen molar-refractivity contribution in [1.82, 2.24) is 19.9 Å². The van der Waals surface area contributed by atoms with Crippen LogP contribution in [0.15, 0.2) is 52.4 Å². The molecule has 0 unspecified atom stereocenters. The number of piperazine rings is 1. The number of benzene rings is 1. The molecule has 4 rings (SSSR count). The lowest BCUT2D eigenvalue weighted by Crippen LogP contribution is -2.47. The molecule has 0 bridgehead atoms. The molecule has 0 aliphatic carbocycles. The van der Waals surface area contributed by atoms with Crippen LogP contribution in [-0.4, -0.2) is 59.1 Å². The van der Waals surface area contributed by atoms with Gasteiger partial charge in [-0.25, -0.2) is 0 Å². The van der Waals surface area contributed by atoms with Gasteiger partial charge in [-0.3, -0.25) is 9.69 Å². The van der Waals surface area contributed by atoms with Gasteiger partial charge in [0.1, 0.15) is 5.75 Å². The Hall–Kier alpha value is -2.97. The van der Waals surface area contributed by atoms with Gasteiger partial charge >= 0.3 is 0 Å². The maximum atomic E-state index is 12.5. The van der Waals surface area contributed by atoms with Gasteiger partial charge in [0.05, 0.1) is 18.5 Å². The van der Waals surface area contributed by atoms with Crippen LogP contribution in [0.25, 0.3) is 16.8 Å². The maximum Gasteiger partial charge on any atom is 0.246 e. The molecule has 1 aliphatic rings. The first-order chi connectivity index (χ1) is 14.2. The molecule has 1 aromatic carbocycles. The van der Waals surface area contributed by atoms with Crippen molar-refractivity contribution >= 4 is 23.3 Å². The molecule has 150 valence electrons. The summed E-state index contributed by atoms with van der Waals surface area (Å²) in [5.41, 5.74) is 0.889. The lowest BCUT2D eigenvalue weighted by Gasteiger charge is -2.33. The van der Waals surface area contributed by atoms with E-state index in [1.807, 2.05) is 46.7 Å². The normalized spacial score (nSPS) is 15.1. The van der Waals surface area contributed by atoms with Crippen LogP contribution < -0.4 is 4.74 Å². The Bertz CT molecular complexity index is 975. The summed E-state index contributed by atoms with van der Waals surface area (Å²) >= 11 is 1.59. The number of para-hydroxylation sites is 1. The molecule has 3 heterocycles. The summed E-state index contributed by atoms with van der Waals surface area (Å²) < 4.78 is 10.7. The van der Waals surface area contributed by atoms with Crippen LogP contribution in [0.1, 0.15) is 11.5 Å². The zero-order valence-corrected chi connectivity index (χ0v) is 17.0. The molecule has 8 heteroatoms. The van der Waals surface area contributed by atoms with E-state index in [4.69, 9.17) is 9.26 Å². The number of carbonyl (C=O) groups excluding carboxylic acids is 1. The van der Waals surface area contributed by atoms with Crippen LogP contribution in [-0.2, 0) is 11.3 Å². The number of methoxy groups -OCH3 is 1. The highest BCUT2D eigenvalue weighted by molar-refractivity contribution is 7.13. The first-order valence-electron chi connectivity index (χ1n) is 9.42. The summed E-state index contributed by atoms with van der Waals surface area (Å²) in [5.74, 6) is 1.99. The molecule has 7 nitrogen and oxygen atoms in total. The first kappa shape index (κ1) is 19.4. The van der Waals surface area contributed by atoms with E-state index in [2.05, 4.69) is 15.0 Å². The van der Waals surface area contributed by atoms with Crippen molar-refractivity contribution < 1.29 is 14.1 Å². The molecule has 1 saturated heterocycles. The van der Waals surface area contributed by atoms with Crippen molar-refractivity contribution in [2.24, 2.45) is 0 Å². The smallest absolute Gasteiger partial charge is 0.246 e. The van der Waals surface area contributed by atoms with Crippen molar-refractivity contribution in [3.63, 3.8) is 0 Å². The van der Waals surface area contributed by atoms with Crippen molar-refractivity contribution in [2.75, 3.05) is 33.3 Å². The van der Waals surface area contributed by atoms with E-state index < -0.39 is 0 Å². The summed E-state index contributed by atoms with van der Waals surface area (Å²) in [4.78, 5) is 22.1. The molecule has 3 aromatic rings. The average Bonchev–Trinajstić information content (AvgIpc) is 3.45. The van der Waals surface area contributed by atoms with E-state index in [0.29, 0.717) is 31.3 Å². The number of amides is 1. The Balaban J connectivity index is 1.29. The Labute approximate surface area is 173 Å². The molecular weight excluding hydrogens is 388 g/mol. The Morgan fingerprint density at radius 1 is 1.21 bits per heavy atom. The van der Waals surface area contributed by atoms with Crippen LogP contribution in [0.4, 0.5) is 0 Å². The molecule has 1 fully saturated rings. The molecule has 0 N–H and O–H groups in total. The zero-order valence-electron chi connectivity index (χ0n) is 16.2. The molecule has 1 amide bonds. The van der Waals surface area contributed by atoms with E-state index in [9.17, 15) is 4.79 Å². The second kappa shape index (κ2) is 9.02. The average molecular weight is 410 g/mol. The minimum atomic E-state index is 0.00771. The van der Waals surface area contributed by atoms with Gasteiger partial charge in [-0.1, -0.05) is 29.4 Å². The quantitative estimate of drug-likeness (QED) is 0.582. The van der Waals surface area contributed by atoms with Crippen LogP contribution in [0, 0.1) is 0 Å². The van der Waals surface area contributed by atoms with Crippen molar-refractivity contribution in [3.8, 4) is 16.5 Å². The Kier molecular flexibility index (Phi) is 6.02. The fourth-order valence-corrected chi connectivity index (χ4v) is 3.86. The number of ether oxygens (including phenoxy) is 1. The predicted molar refractivity (Wildman–Crippen MR) is 111 cm³/mol. The maximum absolute atomic E-state index is 12.5. The van der Waals surface area contributed by atoms with Crippen molar-refractivity contribution in [2.45, 2.75) is 6.54 Å². The van der Waals surface area contributed by atoms with Crippen LogP contribution in [0.5, 0.6) is 5.75 Å². The first-order valence-corrected chi connectivity index (χ1v) is 10.3. The summed E-state index contributed by atoms with van der Waals surface area (Å²) in [6.45, 7) is 3.47. The number of aromatic nitrogens is 2. The highest BCUT2D eigenvalue weighted by Gasteiger charge is 2.21. The zero-order chi connectivity index (χ0) is 20.1. The summed E-state index contributed by atoms with van der Waals surface area (Å²) in [5, 5.41) is 6.04. The minimum absolute atomic E-state index is 0.00771. The van der Waals surface area contributed by atoms with Gasteiger partial charge in [0.25, 0.3) is 0 Å². The third-order valence-electron chi connectivity index (χ3n) is 4.80. The lowest BCUT2D eigenvalue weighted by atomic mass is 10.2. The molecule has 29 heavy (non-hydrogen) atoms. The lowest BCUT2D eigenvalue weighted by molar-refractivity contribution is -0.127. The van der Waals surface area contributed by atoms with Crippen LogP contribution >= 0.6 is 11.3 Å². The fourth-order valence-electron chi connectivity index (χ4n) is 3.21. The van der Waals surface area contributed by atoms with E-state index in [1.165, 1.54) is 0 Å². The predicted octanol–water partition coefficient (Wildman–Crippen LogP) is 3.16. The second-order valence-electron chi connectivity index (χ2n) is 6.67. The third kappa shape index (κ3) is 4.72. The van der Waals surface area contributed by atoms with Gasteiger partial charge in [-0.2, -0.15) is 4.98 Å². The molecule has 1 aliphatic heterocycles. The number of thiophene rings is 1. The summed E-state index contributed by atoms with van der Waals surface area (Å²) in [7, 11) is 1.63. The van der Waals surface area contributed by atoms with Gasteiger partial charge in [0, 0.05) is 37.8 Å². The molecule has 0 atom stereocenters.